The molecule has 6 nitrogen and oxygen atoms in total. The summed E-state index contributed by atoms with van der Waals surface area (Å²) in [6.07, 6.45) is -0.183. The number of esters is 1. The smallest absolute Gasteiger partial charge is 0.367 e. The average molecular weight is 314 g/mol. The van der Waals surface area contributed by atoms with E-state index in [1.165, 1.54) is 11.3 Å². The van der Waals surface area contributed by atoms with Gasteiger partial charge < -0.3 is 14.6 Å². The molecule has 1 saturated heterocycles. The molecule has 0 amide bonds. The van der Waals surface area contributed by atoms with Crippen LogP contribution in [-0.4, -0.2) is 59.0 Å². The quantitative estimate of drug-likeness (QED) is 0.826. The molecule has 21 heavy (non-hydrogen) atoms. The standard InChI is InChI=1S/C14H22N2O4S/c1-4-19-13(18)12-15-10(8-21-12)5-16-6-11(7-17)20-14(2,3)9-16/h8,11,17H,4-7,9H2,1-3H3. The van der Waals surface area contributed by atoms with Crippen molar-refractivity contribution in [1.82, 2.24) is 9.88 Å². The van der Waals surface area contributed by atoms with E-state index in [4.69, 9.17) is 9.47 Å². The zero-order valence-corrected chi connectivity index (χ0v) is 13.5. The van der Waals surface area contributed by atoms with E-state index in [1.54, 1.807) is 6.92 Å². The maximum Gasteiger partial charge on any atom is 0.367 e. The molecule has 0 spiro atoms. The van der Waals surface area contributed by atoms with Gasteiger partial charge in [0.25, 0.3) is 0 Å². The Morgan fingerprint density at radius 3 is 3.10 bits per heavy atom. The van der Waals surface area contributed by atoms with Crippen LogP contribution in [-0.2, 0) is 16.0 Å². The second-order valence-corrected chi connectivity index (χ2v) is 6.57. The fourth-order valence-electron chi connectivity index (χ4n) is 2.53. The van der Waals surface area contributed by atoms with E-state index in [-0.39, 0.29) is 24.3 Å². The topological polar surface area (TPSA) is 71.9 Å². The van der Waals surface area contributed by atoms with E-state index >= 15 is 0 Å². The lowest BCUT2D eigenvalue weighted by Gasteiger charge is -2.42. The third kappa shape index (κ3) is 4.47. The van der Waals surface area contributed by atoms with Crippen molar-refractivity contribution in [2.75, 3.05) is 26.3 Å². The molecule has 1 aromatic heterocycles. The van der Waals surface area contributed by atoms with Gasteiger partial charge in [0.05, 0.1) is 30.6 Å². The minimum Gasteiger partial charge on any atom is -0.461 e. The molecule has 1 fully saturated rings. The number of aliphatic hydroxyl groups is 1. The lowest BCUT2D eigenvalue weighted by Crippen LogP contribution is -2.53. The number of hydrogen-bond acceptors (Lipinski definition) is 7. The highest BCUT2D eigenvalue weighted by atomic mass is 32.1. The molecule has 2 rings (SSSR count). The van der Waals surface area contributed by atoms with Gasteiger partial charge >= 0.3 is 5.97 Å². The van der Waals surface area contributed by atoms with Crippen LogP contribution >= 0.6 is 11.3 Å². The zero-order chi connectivity index (χ0) is 15.5. The van der Waals surface area contributed by atoms with Crippen molar-refractivity contribution in [2.45, 2.75) is 39.0 Å². The van der Waals surface area contributed by atoms with Crippen molar-refractivity contribution in [3.63, 3.8) is 0 Å². The Balaban J connectivity index is 1.99. The fourth-order valence-corrected chi connectivity index (χ4v) is 3.23. The lowest BCUT2D eigenvalue weighted by atomic mass is 10.1. The van der Waals surface area contributed by atoms with Crippen LogP contribution in [0.25, 0.3) is 0 Å². The molecular weight excluding hydrogens is 292 g/mol. The molecule has 0 saturated carbocycles. The number of aliphatic hydroxyl groups excluding tert-OH is 1. The molecule has 0 aliphatic carbocycles. The number of hydrogen-bond donors (Lipinski definition) is 1. The predicted octanol–water partition coefficient (Wildman–Crippen LogP) is 1.29. The summed E-state index contributed by atoms with van der Waals surface area (Å²) in [6, 6.07) is 0. The van der Waals surface area contributed by atoms with Crippen molar-refractivity contribution >= 4 is 17.3 Å². The van der Waals surface area contributed by atoms with Crippen LogP contribution in [0.4, 0.5) is 0 Å². The number of morpholine rings is 1. The minimum absolute atomic E-state index is 0.00503. The minimum atomic E-state index is -0.371. The molecule has 1 unspecified atom stereocenters. The van der Waals surface area contributed by atoms with Crippen molar-refractivity contribution in [1.29, 1.82) is 0 Å². The second-order valence-electron chi connectivity index (χ2n) is 5.72. The molecule has 1 aliphatic heterocycles. The van der Waals surface area contributed by atoms with Crippen LogP contribution in [0, 0.1) is 0 Å². The highest BCUT2D eigenvalue weighted by molar-refractivity contribution is 7.11. The van der Waals surface area contributed by atoms with Crippen LogP contribution in [0.15, 0.2) is 5.38 Å². The van der Waals surface area contributed by atoms with E-state index in [9.17, 15) is 9.90 Å². The van der Waals surface area contributed by atoms with Gasteiger partial charge in [0.1, 0.15) is 0 Å². The summed E-state index contributed by atoms with van der Waals surface area (Å²) in [5.41, 5.74) is 0.545. The number of nitrogens with zero attached hydrogens (tertiary/aromatic N) is 2. The predicted molar refractivity (Wildman–Crippen MR) is 79.4 cm³/mol. The van der Waals surface area contributed by atoms with Crippen LogP contribution in [0.5, 0.6) is 0 Å². The third-order valence-electron chi connectivity index (χ3n) is 3.14. The summed E-state index contributed by atoms with van der Waals surface area (Å²) in [4.78, 5) is 18.1. The molecule has 0 bridgehead atoms. The Kier molecular flexibility index (Phi) is 5.32. The van der Waals surface area contributed by atoms with Gasteiger partial charge in [0.15, 0.2) is 0 Å². The molecule has 1 aromatic rings. The first-order valence-electron chi connectivity index (χ1n) is 7.06. The number of carbonyl (C=O) groups excluding carboxylic acids is 1. The van der Waals surface area contributed by atoms with Gasteiger partial charge in [-0.3, -0.25) is 4.90 Å². The molecule has 0 aromatic carbocycles. The van der Waals surface area contributed by atoms with E-state index in [0.29, 0.717) is 24.7 Å². The Morgan fingerprint density at radius 1 is 1.67 bits per heavy atom. The molecule has 2 heterocycles. The maximum absolute atomic E-state index is 11.6. The van der Waals surface area contributed by atoms with E-state index < -0.39 is 0 Å². The van der Waals surface area contributed by atoms with Gasteiger partial charge in [-0.25, -0.2) is 9.78 Å². The summed E-state index contributed by atoms with van der Waals surface area (Å²) < 4.78 is 10.7. The Labute approximate surface area is 128 Å². The Morgan fingerprint density at radius 2 is 2.43 bits per heavy atom. The first kappa shape index (κ1) is 16.4. The molecule has 1 atom stereocenters. The monoisotopic (exact) mass is 314 g/mol. The SMILES string of the molecule is CCOC(=O)c1nc(CN2CC(CO)OC(C)(C)C2)cs1. The second kappa shape index (κ2) is 6.83. The van der Waals surface area contributed by atoms with E-state index in [1.807, 2.05) is 19.2 Å². The number of ether oxygens (including phenoxy) is 2. The Bertz CT molecular complexity index is 489. The van der Waals surface area contributed by atoms with Gasteiger partial charge in [-0.2, -0.15) is 0 Å². The van der Waals surface area contributed by atoms with Gasteiger partial charge in [-0.15, -0.1) is 11.3 Å². The van der Waals surface area contributed by atoms with Crippen LogP contribution < -0.4 is 0 Å². The van der Waals surface area contributed by atoms with Gasteiger partial charge in [-0.1, -0.05) is 0 Å². The number of aromatic nitrogens is 1. The van der Waals surface area contributed by atoms with Crippen LogP contribution in [0.1, 0.15) is 36.3 Å². The molecule has 1 aliphatic rings. The largest absolute Gasteiger partial charge is 0.461 e. The molecular formula is C14H22N2O4S. The number of thiazole rings is 1. The molecule has 7 heteroatoms. The lowest BCUT2D eigenvalue weighted by molar-refractivity contribution is -0.150. The summed E-state index contributed by atoms with van der Waals surface area (Å²) in [7, 11) is 0. The average Bonchev–Trinajstić information content (AvgIpc) is 2.85. The number of rotatable bonds is 5. The fraction of sp³-hybridized carbons (Fsp3) is 0.714. The normalized spacial score (nSPS) is 22.2. The maximum atomic E-state index is 11.6. The van der Waals surface area contributed by atoms with Crippen molar-refractivity contribution in [3.05, 3.63) is 16.1 Å². The van der Waals surface area contributed by atoms with Crippen molar-refractivity contribution in [2.24, 2.45) is 0 Å². The van der Waals surface area contributed by atoms with Crippen LogP contribution in [0.2, 0.25) is 0 Å². The molecule has 0 radical (unpaired) electrons. The zero-order valence-electron chi connectivity index (χ0n) is 12.7. The van der Waals surface area contributed by atoms with Crippen molar-refractivity contribution < 1.29 is 19.4 Å². The summed E-state index contributed by atoms with van der Waals surface area (Å²) in [6.45, 7) is 8.20. The first-order chi connectivity index (χ1) is 9.93. The van der Waals surface area contributed by atoms with E-state index in [0.717, 1.165) is 12.2 Å². The summed E-state index contributed by atoms with van der Waals surface area (Å²) >= 11 is 1.30. The van der Waals surface area contributed by atoms with Gasteiger partial charge in [-0.05, 0) is 20.8 Å². The van der Waals surface area contributed by atoms with Crippen molar-refractivity contribution in [3.8, 4) is 0 Å². The highest BCUT2D eigenvalue weighted by Crippen LogP contribution is 2.23. The van der Waals surface area contributed by atoms with Crippen LogP contribution in [0.3, 0.4) is 0 Å². The molecule has 118 valence electrons. The summed E-state index contributed by atoms with van der Waals surface area (Å²) in [5.74, 6) is -0.371. The molecule has 1 N–H and O–H groups in total. The van der Waals surface area contributed by atoms with Gasteiger partial charge in [0.2, 0.25) is 5.01 Å². The third-order valence-corrected chi connectivity index (χ3v) is 4.01. The highest BCUT2D eigenvalue weighted by Gasteiger charge is 2.33. The van der Waals surface area contributed by atoms with Gasteiger partial charge in [0, 0.05) is 25.0 Å². The Hall–Kier alpha value is -1.02. The summed E-state index contributed by atoms with van der Waals surface area (Å²) in [5, 5.41) is 11.6. The number of carbonyl (C=O) groups is 1. The van der Waals surface area contributed by atoms with E-state index in [2.05, 4.69) is 9.88 Å². The first-order valence-corrected chi connectivity index (χ1v) is 7.94.